The van der Waals surface area contributed by atoms with E-state index in [9.17, 15) is 8.42 Å². The lowest BCUT2D eigenvalue weighted by molar-refractivity contribution is 0.603. The highest BCUT2D eigenvalue weighted by molar-refractivity contribution is 9.10. The highest BCUT2D eigenvalue weighted by atomic mass is 79.9. The number of hydrogen-bond acceptors (Lipinski definition) is 5. The van der Waals surface area contributed by atoms with E-state index < -0.39 is 10.0 Å². The van der Waals surface area contributed by atoms with Crippen LogP contribution in [0.15, 0.2) is 32.9 Å². The Hall–Kier alpha value is -0.960. The zero-order valence-electron chi connectivity index (χ0n) is 10.8. The zero-order valence-corrected chi connectivity index (χ0v) is 14.0. The van der Waals surface area contributed by atoms with Crippen LogP contribution in [0.3, 0.4) is 0 Å². The van der Waals surface area contributed by atoms with E-state index in [2.05, 4.69) is 25.6 Å². The first kappa shape index (κ1) is 15.4. The molecule has 0 unspecified atom stereocenters. The Morgan fingerprint density at radius 3 is 2.75 bits per heavy atom. The molecule has 2 aromatic rings. The average molecular weight is 376 g/mol. The molecule has 0 fully saturated rings. The molecule has 0 saturated carbocycles. The summed E-state index contributed by atoms with van der Waals surface area (Å²) in [4.78, 5) is 5.13. The van der Waals surface area contributed by atoms with E-state index in [4.69, 9.17) is 5.73 Å². The van der Waals surface area contributed by atoms with Crippen LogP contribution >= 0.6 is 27.3 Å². The second kappa shape index (κ2) is 6.21. The van der Waals surface area contributed by atoms with Gasteiger partial charge in [-0.1, -0.05) is 0 Å². The molecule has 0 aromatic carbocycles. The lowest BCUT2D eigenvalue weighted by atomic mass is 10.3. The number of anilines is 1. The second-order valence-corrected chi connectivity index (χ2v) is 8.06. The molecule has 0 radical (unpaired) electrons. The van der Waals surface area contributed by atoms with Crippen molar-refractivity contribution >= 4 is 43.1 Å². The lowest BCUT2D eigenvalue weighted by Gasteiger charge is -2.06. The van der Waals surface area contributed by atoms with Crippen molar-refractivity contribution in [1.82, 2.24) is 4.98 Å². The van der Waals surface area contributed by atoms with Crippen LogP contribution in [0.2, 0.25) is 0 Å². The number of sulfonamides is 1. The van der Waals surface area contributed by atoms with Gasteiger partial charge in [-0.05, 0) is 60.1 Å². The van der Waals surface area contributed by atoms with Gasteiger partial charge in [0.25, 0.3) is 10.0 Å². The number of nitrogens with one attached hydrogen (secondary N) is 1. The maximum atomic E-state index is 12.2. The quantitative estimate of drug-likeness (QED) is 0.840. The molecule has 2 aromatic heterocycles. The van der Waals surface area contributed by atoms with Crippen molar-refractivity contribution in [1.29, 1.82) is 0 Å². The van der Waals surface area contributed by atoms with Crippen molar-refractivity contribution < 1.29 is 8.42 Å². The number of nitrogens with two attached hydrogens (primary N) is 1. The predicted octanol–water partition coefficient (Wildman–Crippen LogP) is 2.52. The molecule has 2 heterocycles. The minimum absolute atomic E-state index is 0.267. The van der Waals surface area contributed by atoms with Crippen molar-refractivity contribution in [3.63, 3.8) is 0 Å². The van der Waals surface area contributed by atoms with Gasteiger partial charge in [-0.3, -0.25) is 4.72 Å². The first-order valence-electron chi connectivity index (χ1n) is 5.87. The third-order valence-corrected chi connectivity index (χ3v) is 6.38. The monoisotopic (exact) mass is 375 g/mol. The van der Waals surface area contributed by atoms with Crippen molar-refractivity contribution in [2.75, 3.05) is 11.3 Å². The summed E-state index contributed by atoms with van der Waals surface area (Å²) < 4.78 is 28.0. The van der Waals surface area contributed by atoms with Crippen LogP contribution in [-0.2, 0) is 16.4 Å². The smallest absolute Gasteiger partial charge is 0.272 e. The topological polar surface area (TPSA) is 85.1 Å². The van der Waals surface area contributed by atoms with Crippen LogP contribution in [0.5, 0.6) is 0 Å². The van der Waals surface area contributed by atoms with E-state index in [0.29, 0.717) is 18.8 Å². The van der Waals surface area contributed by atoms with Crippen LogP contribution in [0, 0.1) is 6.92 Å². The molecule has 0 saturated heterocycles. The van der Waals surface area contributed by atoms with Crippen LogP contribution in [0.25, 0.3) is 0 Å². The van der Waals surface area contributed by atoms with E-state index in [1.807, 2.05) is 0 Å². The normalized spacial score (nSPS) is 11.6. The Morgan fingerprint density at radius 1 is 1.35 bits per heavy atom. The number of rotatable bonds is 5. The van der Waals surface area contributed by atoms with E-state index >= 15 is 0 Å². The summed E-state index contributed by atoms with van der Waals surface area (Å²) in [5.74, 6) is 0.305. The third-order valence-electron chi connectivity index (χ3n) is 2.55. The average Bonchev–Trinajstić information content (AvgIpc) is 2.83. The Labute approximate surface area is 130 Å². The number of aryl methyl sites for hydroxylation is 1. The summed E-state index contributed by atoms with van der Waals surface area (Å²) in [5.41, 5.74) is 6.18. The molecular weight excluding hydrogens is 362 g/mol. The molecule has 0 amide bonds. The molecule has 5 nitrogen and oxygen atoms in total. The van der Waals surface area contributed by atoms with Crippen LogP contribution in [0.4, 0.5) is 5.82 Å². The van der Waals surface area contributed by atoms with Crippen LogP contribution < -0.4 is 10.5 Å². The summed E-state index contributed by atoms with van der Waals surface area (Å²) >= 11 is 4.55. The minimum atomic E-state index is -3.59. The van der Waals surface area contributed by atoms with Gasteiger partial charge in [0, 0.05) is 9.35 Å². The van der Waals surface area contributed by atoms with Gasteiger partial charge in [0.15, 0.2) is 0 Å². The van der Waals surface area contributed by atoms with Crippen molar-refractivity contribution in [2.24, 2.45) is 5.73 Å². The van der Waals surface area contributed by atoms with Gasteiger partial charge in [-0.2, -0.15) is 0 Å². The molecule has 3 N–H and O–H groups in total. The lowest BCUT2D eigenvalue weighted by Crippen LogP contribution is -2.12. The molecule has 0 aliphatic heterocycles. The van der Waals surface area contributed by atoms with Gasteiger partial charge < -0.3 is 5.73 Å². The molecular formula is C12H14BrN3O2S2. The SMILES string of the molecule is Cc1nc(NS(=O)(=O)c2ccc(CCN)s2)ccc1Br. The van der Waals surface area contributed by atoms with E-state index in [0.717, 1.165) is 15.0 Å². The van der Waals surface area contributed by atoms with Crippen molar-refractivity contribution in [2.45, 2.75) is 17.6 Å². The minimum Gasteiger partial charge on any atom is -0.330 e. The maximum Gasteiger partial charge on any atom is 0.272 e. The van der Waals surface area contributed by atoms with Crippen molar-refractivity contribution in [3.05, 3.63) is 39.3 Å². The van der Waals surface area contributed by atoms with Crippen LogP contribution in [0.1, 0.15) is 10.6 Å². The fourth-order valence-corrected chi connectivity index (χ4v) is 4.16. The molecule has 8 heteroatoms. The molecule has 0 atom stereocenters. The van der Waals surface area contributed by atoms with E-state index in [1.165, 1.54) is 11.3 Å². The van der Waals surface area contributed by atoms with Gasteiger partial charge in [0.05, 0.1) is 5.69 Å². The summed E-state index contributed by atoms with van der Waals surface area (Å²) in [6.07, 6.45) is 0.676. The summed E-state index contributed by atoms with van der Waals surface area (Å²) in [5, 5.41) is 0. The number of pyridine rings is 1. The Bertz CT molecular complexity index is 713. The second-order valence-electron chi connectivity index (χ2n) is 4.13. The molecule has 2 rings (SSSR count). The first-order chi connectivity index (χ1) is 9.42. The third kappa shape index (κ3) is 3.57. The van der Waals surface area contributed by atoms with E-state index in [-0.39, 0.29) is 4.21 Å². The number of aromatic nitrogens is 1. The van der Waals surface area contributed by atoms with Gasteiger partial charge in [0.1, 0.15) is 10.0 Å². The highest BCUT2D eigenvalue weighted by Crippen LogP contribution is 2.24. The Balaban J connectivity index is 2.23. The van der Waals surface area contributed by atoms with Crippen LogP contribution in [-0.4, -0.2) is 19.9 Å². The zero-order chi connectivity index (χ0) is 14.8. The molecule has 0 aliphatic carbocycles. The molecule has 0 aliphatic rings. The van der Waals surface area contributed by atoms with Gasteiger partial charge in [0.2, 0.25) is 0 Å². The molecule has 0 spiro atoms. The fraction of sp³-hybridized carbons (Fsp3) is 0.250. The highest BCUT2D eigenvalue weighted by Gasteiger charge is 2.17. The summed E-state index contributed by atoms with van der Waals surface area (Å²) in [6, 6.07) is 6.74. The number of thiophene rings is 1. The number of hydrogen-bond donors (Lipinski definition) is 2. The predicted molar refractivity (Wildman–Crippen MR) is 84.6 cm³/mol. The summed E-state index contributed by atoms with van der Waals surface area (Å²) in [7, 11) is -3.59. The Kier molecular flexibility index (Phi) is 4.79. The first-order valence-corrected chi connectivity index (χ1v) is 8.96. The fourth-order valence-electron chi connectivity index (χ4n) is 1.57. The maximum absolute atomic E-state index is 12.2. The Morgan fingerprint density at radius 2 is 2.10 bits per heavy atom. The largest absolute Gasteiger partial charge is 0.330 e. The molecule has 20 heavy (non-hydrogen) atoms. The number of halogens is 1. The van der Waals surface area contributed by atoms with Gasteiger partial charge in [-0.25, -0.2) is 13.4 Å². The van der Waals surface area contributed by atoms with Gasteiger partial charge >= 0.3 is 0 Å². The molecule has 0 bridgehead atoms. The van der Waals surface area contributed by atoms with E-state index in [1.54, 1.807) is 31.2 Å². The summed E-state index contributed by atoms with van der Waals surface area (Å²) in [6.45, 7) is 2.30. The van der Waals surface area contributed by atoms with Crippen molar-refractivity contribution in [3.8, 4) is 0 Å². The van der Waals surface area contributed by atoms with Gasteiger partial charge in [-0.15, -0.1) is 11.3 Å². The standard InChI is InChI=1S/C12H14BrN3O2S2/c1-8-10(13)3-4-11(15-8)16-20(17,18)12-5-2-9(19-12)6-7-14/h2-5H,6-7,14H2,1H3,(H,15,16). The molecule has 108 valence electrons. The number of nitrogens with zero attached hydrogens (tertiary/aromatic N) is 1.